The minimum absolute atomic E-state index is 0.111. The number of hydrogen-bond donors (Lipinski definition) is 2. The zero-order chi connectivity index (χ0) is 13.1. The van der Waals surface area contributed by atoms with Gasteiger partial charge in [0.05, 0.1) is 23.9 Å². The van der Waals surface area contributed by atoms with Gasteiger partial charge in [-0.2, -0.15) is 0 Å². The van der Waals surface area contributed by atoms with E-state index in [4.69, 9.17) is 16.3 Å². The summed E-state index contributed by atoms with van der Waals surface area (Å²) < 4.78 is 5.50. The van der Waals surface area contributed by atoms with Crippen LogP contribution in [-0.4, -0.2) is 23.4 Å². The van der Waals surface area contributed by atoms with E-state index in [-0.39, 0.29) is 6.04 Å². The van der Waals surface area contributed by atoms with E-state index in [1.807, 2.05) is 19.9 Å². The van der Waals surface area contributed by atoms with Crippen LogP contribution in [0.15, 0.2) is 18.2 Å². The fourth-order valence-electron chi connectivity index (χ4n) is 1.31. The molecule has 3 nitrogen and oxygen atoms in total. The van der Waals surface area contributed by atoms with Crippen LogP contribution in [0.5, 0.6) is 5.75 Å². The summed E-state index contributed by atoms with van der Waals surface area (Å²) in [5.41, 5.74) is -0.0137. The van der Waals surface area contributed by atoms with E-state index in [0.717, 1.165) is 11.4 Å². The molecule has 0 aliphatic heterocycles. The lowest BCUT2D eigenvalue weighted by atomic mass is 10.0. The van der Waals surface area contributed by atoms with E-state index in [2.05, 4.69) is 5.32 Å². The van der Waals surface area contributed by atoms with Gasteiger partial charge in [-0.1, -0.05) is 11.6 Å². The van der Waals surface area contributed by atoms with Gasteiger partial charge in [0.15, 0.2) is 0 Å². The van der Waals surface area contributed by atoms with Crippen LogP contribution < -0.4 is 10.1 Å². The summed E-state index contributed by atoms with van der Waals surface area (Å²) >= 11 is 5.96. The van der Waals surface area contributed by atoms with Crippen molar-refractivity contribution < 1.29 is 9.84 Å². The van der Waals surface area contributed by atoms with Crippen molar-refractivity contribution in [3.8, 4) is 5.75 Å². The van der Waals surface area contributed by atoms with Crippen molar-refractivity contribution in [2.45, 2.75) is 39.3 Å². The van der Waals surface area contributed by atoms with E-state index in [9.17, 15) is 5.11 Å². The minimum atomic E-state index is -0.814. The molecule has 0 saturated heterocycles. The highest BCUT2D eigenvalue weighted by Gasteiger charge is 2.23. The lowest BCUT2D eigenvalue weighted by Gasteiger charge is -2.28. The number of aliphatic hydroxyl groups is 1. The standard InChI is InChI=1S/C13H20ClNO2/c1-5-17-12-7-6-10(14)8-11(12)15-9(2)13(3,4)16/h6-9,15-16H,5H2,1-4H3. The maximum atomic E-state index is 9.90. The topological polar surface area (TPSA) is 41.5 Å². The summed E-state index contributed by atoms with van der Waals surface area (Å²) in [6.45, 7) is 7.95. The molecular formula is C13H20ClNO2. The maximum Gasteiger partial charge on any atom is 0.142 e. The van der Waals surface area contributed by atoms with Gasteiger partial charge in [0, 0.05) is 5.02 Å². The van der Waals surface area contributed by atoms with Gasteiger partial charge < -0.3 is 15.2 Å². The fraction of sp³-hybridized carbons (Fsp3) is 0.538. The third-order valence-corrected chi connectivity index (χ3v) is 2.91. The maximum absolute atomic E-state index is 9.90. The van der Waals surface area contributed by atoms with Crippen molar-refractivity contribution in [3.63, 3.8) is 0 Å². The molecule has 0 spiro atoms. The zero-order valence-corrected chi connectivity index (χ0v) is 11.5. The number of ether oxygens (including phenoxy) is 1. The van der Waals surface area contributed by atoms with Crippen LogP contribution in [-0.2, 0) is 0 Å². The summed E-state index contributed by atoms with van der Waals surface area (Å²) in [4.78, 5) is 0. The summed E-state index contributed by atoms with van der Waals surface area (Å²) in [5, 5.41) is 13.8. The van der Waals surface area contributed by atoms with E-state index < -0.39 is 5.60 Å². The van der Waals surface area contributed by atoms with Crippen molar-refractivity contribution in [1.82, 2.24) is 0 Å². The Morgan fingerprint density at radius 1 is 1.47 bits per heavy atom. The molecule has 96 valence electrons. The Morgan fingerprint density at radius 2 is 2.12 bits per heavy atom. The van der Waals surface area contributed by atoms with Crippen molar-refractivity contribution in [2.24, 2.45) is 0 Å². The third kappa shape index (κ3) is 4.10. The molecule has 0 fully saturated rings. The first-order valence-electron chi connectivity index (χ1n) is 5.76. The number of nitrogens with one attached hydrogen (secondary N) is 1. The summed E-state index contributed by atoms with van der Waals surface area (Å²) in [7, 11) is 0. The number of benzene rings is 1. The predicted octanol–water partition coefficient (Wildman–Crippen LogP) is 3.31. The first-order chi connectivity index (χ1) is 7.84. The molecule has 0 aliphatic carbocycles. The van der Waals surface area contributed by atoms with Crippen molar-refractivity contribution in [1.29, 1.82) is 0 Å². The summed E-state index contributed by atoms with van der Waals surface area (Å²) in [6.07, 6.45) is 0. The van der Waals surface area contributed by atoms with Gasteiger partial charge in [0.25, 0.3) is 0 Å². The van der Waals surface area contributed by atoms with Gasteiger partial charge in [-0.15, -0.1) is 0 Å². The summed E-state index contributed by atoms with van der Waals surface area (Å²) in [5.74, 6) is 0.744. The van der Waals surface area contributed by atoms with Crippen molar-refractivity contribution in [3.05, 3.63) is 23.2 Å². The lowest BCUT2D eigenvalue weighted by Crippen LogP contribution is -2.39. The van der Waals surface area contributed by atoms with Gasteiger partial charge in [-0.25, -0.2) is 0 Å². The molecule has 0 amide bonds. The van der Waals surface area contributed by atoms with Crippen LogP contribution in [0.3, 0.4) is 0 Å². The van der Waals surface area contributed by atoms with Gasteiger partial charge in [0.2, 0.25) is 0 Å². The normalized spacial score (nSPS) is 13.3. The van der Waals surface area contributed by atoms with E-state index in [1.54, 1.807) is 26.0 Å². The van der Waals surface area contributed by atoms with Crippen molar-refractivity contribution in [2.75, 3.05) is 11.9 Å². The Kier molecular flexibility index (Phi) is 4.66. The average Bonchev–Trinajstić information content (AvgIpc) is 2.21. The fourth-order valence-corrected chi connectivity index (χ4v) is 1.48. The van der Waals surface area contributed by atoms with E-state index >= 15 is 0 Å². The molecule has 0 bridgehead atoms. The number of hydrogen-bond acceptors (Lipinski definition) is 3. The number of halogens is 1. The highest BCUT2D eigenvalue weighted by molar-refractivity contribution is 6.30. The Labute approximate surface area is 108 Å². The van der Waals surface area contributed by atoms with Gasteiger partial charge in [-0.3, -0.25) is 0 Å². The second-order valence-electron chi connectivity index (χ2n) is 4.59. The molecule has 2 N–H and O–H groups in total. The molecule has 17 heavy (non-hydrogen) atoms. The van der Waals surface area contributed by atoms with Crippen LogP contribution in [0, 0.1) is 0 Å². The van der Waals surface area contributed by atoms with Crippen molar-refractivity contribution >= 4 is 17.3 Å². The Morgan fingerprint density at radius 3 is 2.65 bits per heavy atom. The average molecular weight is 258 g/mol. The molecule has 1 atom stereocenters. The molecule has 1 rings (SSSR count). The van der Waals surface area contributed by atoms with Gasteiger partial charge >= 0.3 is 0 Å². The predicted molar refractivity (Wildman–Crippen MR) is 72.0 cm³/mol. The first-order valence-corrected chi connectivity index (χ1v) is 6.13. The second kappa shape index (κ2) is 5.61. The van der Waals surface area contributed by atoms with Crippen LogP contribution in [0.2, 0.25) is 5.02 Å². The quantitative estimate of drug-likeness (QED) is 0.850. The molecule has 0 saturated carbocycles. The minimum Gasteiger partial charge on any atom is -0.492 e. The monoisotopic (exact) mass is 257 g/mol. The van der Waals surface area contributed by atoms with Gasteiger partial charge in [0.1, 0.15) is 5.75 Å². The van der Waals surface area contributed by atoms with Crippen LogP contribution >= 0.6 is 11.6 Å². The van der Waals surface area contributed by atoms with E-state index in [0.29, 0.717) is 11.6 Å². The molecule has 0 aromatic heterocycles. The SMILES string of the molecule is CCOc1ccc(Cl)cc1NC(C)C(C)(C)O. The Bertz CT molecular complexity index is 374. The molecular weight excluding hydrogens is 238 g/mol. The Hall–Kier alpha value is -0.930. The lowest BCUT2D eigenvalue weighted by molar-refractivity contribution is 0.0648. The first kappa shape index (κ1) is 14.1. The molecule has 4 heteroatoms. The molecule has 0 radical (unpaired) electrons. The zero-order valence-electron chi connectivity index (χ0n) is 10.7. The number of anilines is 1. The molecule has 1 aromatic carbocycles. The highest BCUT2D eigenvalue weighted by Crippen LogP contribution is 2.29. The summed E-state index contributed by atoms with van der Waals surface area (Å²) in [6, 6.07) is 5.30. The van der Waals surface area contributed by atoms with Gasteiger partial charge in [-0.05, 0) is 45.9 Å². The largest absolute Gasteiger partial charge is 0.492 e. The Balaban J connectivity index is 2.92. The van der Waals surface area contributed by atoms with Crippen LogP contribution in [0.4, 0.5) is 5.69 Å². The molecule has 0 heterocycles. The second-order valence-corrected chi connectivity index (χ2v) is 5.03. The number of rotatable bonds is 5. The van der Waals surface area contributed by atoms with Crippen LogP contribution in [0.25, 0.3) is 0 Å². The molecule has 1 unspecified atom stereocenters. The molecule has 1 aromatic rings. The smallest absolute Gasteiger partial charge is 0.142 e. The van der Waals surface area contributed by atoms with E-state index in [1.165, 1.54) is 0 Å². The highest BCUT2D eigenvalue weighted by atomic mass is 35.5. The molecule has 0 aliphatic rings. The third-order valence-electron chi connectivity index (χ3n) is 2.67. The van der Waals surface area contributed by atoms with Crippen LogP contribution in [0.1, 0.15) is 27.7 Å².